The number of nitrogens with one attached hydrogen (secondary N) is 1. The first-order chi connectivity index (χ1) is 6.36. The van der Waals surface area contributed by atoms with Crippen molar-refractivity contribution in [3.8, 4) is 0 Å². The molecule has 2 atom stereocenters. The Balaban J connectivity index is 1.98. The fourth-order valence-electron chi connectivity index (χ4n) is 1.44. The second kappa shape index (κ2) is 4.13. The minimum Gasteiger partial charge on any atom is -0.391 e. The molecular weight excluding hydrogens is 182 g/mol. The quantitative estimate of drug-likeness (QED) is 0.741. The van der Waals surface area contributed by atoms with E-state index in [9.17, 15) is 5.11 Å². The monoisotopic (exact) mass is 195 g/mol. The zero-order valence-corrected chi connectivity index (χ0v) is 8.13. The van der Waals surface area contributed by atoms with Crippen LogP contribution in [0.2, 0.25) is 0 Å². The lowest BCUT2D eigenvalue weighted by Crippen LogP contribution is -2.19. The highest BCUT2D eigenvalue weighted by Crippen LogP contribution is 2.26. The van der Waals surface area contributed by atoms with Crippen LogP contribution < -0.4 is 5.32 Å². The average molecular weight is 195 g/mol. The lowest BCUT2D eigenvalue weighted by atomic mass is 10.3. The molecule has 1 aromatic carbocycles. The molecule has 13 heavy (non-hydrogen) atoms. The zero-order chi connectivity index (χ0) is 9.10. The van der Waals surface area contributed by atoms with E-state index in [1.165, 1.54) is 4.90 Å². The Hall–Kier alpha value is -0.510. The van der Waals surface area contributed by atoms with Crippen molar-refractivity contribution < 1.29 is 5.11 Å². The predicted octanol–water partition coefficient (Wildman–Crippen LogP) is 1.11. The molecule has 1 aliphatic rings. The molecule has 1 saturated heterocycles. The average Bonchev–Trinajstić information content (AvgIpc) is 2.54. The Kier molecular flexibility index (Phi) is 2.88. The van der Waals surface area contributed by atoms with E-state index in [4.69, 9.17) is 0 Å². The molecule has 1 aromatic rings. The van der Waals surface area contributed by atoms with E-state index in [2.05, 4.69) is 17.4 Å². The van der Waals surface area contributed by atoms with Crippen molar-refractivity contribution in [2.24, 2.45) is 0 Å². The first-order valence-corrected chi connectivity index (χ1v) is 5.35. The van der Waals surface area contributed by atoms with E-state index in [1.807, 2.05) is 18.2 Å². The topological polar surface area (TPSA) is 32.3 Å². The molecule has 1 heterocycles. The van der Waals surface area contributed by atoms with Gasteiger partial charge in [0.25, 0.3) is 0 Å². The van der Waals surface area contributed by atoms with Crippen LogP contribution in [0.3, 0.4) is 0 Å². The highest BCUT2D eigenvalue weighted by atomic mass is 32.2. The van der Waals surface area contributed by atoms with Crippen LogP contribution in [0.15, 0.2) is 35.2 Å². The van der Waals surface area contributed by atoms with Crippen LogP contribution in [0.5, 0.6) is 0 Å². The third-order valence-electron chi connectivity index (χ3n) is 2.16. The first-order valence-electron chi connectivity index (χ1n) is 4.47. The van der Waals surface area contributed by atoms with Gasteiger partial charge in [-0.05, 0) is 12.1 Å². The molecule has 0 amide bonds. The van der Waals surface area contributed by atoms with Crippen molar-refractivity contribution in [1.82, 2.24) is 5.32 Å². The molecular formula is C10H13NOS. The normalized spacial score (nSPS) is 27.8. The summed E-state index contributed by atoms with van der Waals surface area (Å²) in [6, 6.07) is 10.2. The van der Waals surface area contributed by atoms with Crippen molar-refractivity contribution in [2.45, 2.75) is 16.2 Å². The lowest BCUT2D eigenvalue weighted by Gasteiger charge is -2.12. The van der Waals surface area contributed by atoms with Crippen LogP contribution in [0.1, 0.15) is 0 Å². The summed E-state index contributed by atoms with van der Waals surface area (Å²) in [5.41, 5.74) is 0. The molecule has 1 fully saturated rings. The summed E-state index contributed by atoms with van der Waals surface area (Å²) in [5.74, 6) is 0. The van der Waals surface area contributed by atoms with Gasteiger partial charge in [0.15, 0.2) is 0 Å². The van der Waals surface area contributed by atoms with Gasteiger partial charge in [-0.3, -0.25) is 0 Å². The number of β-amino-alcohol motifs (C(OH)–C–C–N with tert-alkyl or cyclic N) is 1. The Morgan fingerprint density at radius 2 is 2.00 bits per heavy atom. The molecule has 0 aliphatic carbocycles. The number of aliphatic hydroxyl groups excluding tert-OH is 1. The highest BCUT2D eigenvalue weighted by Gasteiger charge is 2.25. The van der Waals surface area contributed by atoms with Crippen molar-refractivity contribution in [3.05, 3.63) is 30.3 Å². The Labute approximate surface area is 82.4 Å². The van der Waals surface area contributed by atoms with Crippen molar-refractivity contribution >= 4 is 11.8 Å². The molecule has 1 aliphatic heterocycles. The van der Waals surface area contributed by atoms with Crippen molar-refractivity contribution in [1.29, 1.82) is 0 Å². The number of thioether (sulfide) groups is 1. The largest absolute Gasteiger partial charge is 0.391 e. The van der Waals surface area contributed by atoms with E-state index >= 15 is 0 Å². The molecule has 0 spiro atoms. The summed E-state index contributed by atoms with van der Waals surface area (Å²) in [7, 11) is 0. The summed E-state index contributed by atoms with van der Waals surface area (Å²) in [6.45, 7) is 1.63. The number of aliphatic hydroxyl groups is 1. The summed E-state index contributed by atoms with van der Waals surface area (Å²) in [5, 5.41) is 13.0. The summed E-state index contributed by atoms with van der Waals surface area (Å²) in [4.78, 5) is 1.23. The first kappa shape index (κ1) is 9.06. The zero-order valence-electron chi connectivity index (χ0n) is 7.31. The molecule has 2 N–H and O–H groups in total. The minimum absolute atomic E-state index is 0.204. The smallest absolute Gasteiger partial charge is 0.0798 e. The van der Waals surface area contributed by atoms with E-state index in [-0.39, 0.29) is 6.10 Å². The molecule has 0 aromatic heterocycles. The number of hydrogen-bond donors (Lipinski definition) is 2. The minimum atomic E-state index is -0.204. The van der Waals surface area contributed by atoms with Gasteiger partial charge in [0.05, 0.1) is 6.10 Å². The van der Waals surface area contributed by atoms with Crippen LogP contribution in [-0.2, 0) is 0 Å². The van der Waals surface area contributed by atoms with Gasteiger partial charge in [0.1, 0.15) is 0 Å². The van der Waals surface area contributed by atoms with Crippen LogP contribution in [0.25, 0.3) is 0 Å². The SMILES string of the molecule is O[C@H]1CNC[C@@H]1Sc1ccccc1. The maximum atomic E-state index is 9.57. The van der Waals surface area contributed by atoms with Gasteiger partial charge in [0, 0.05) is 23.2 Å². The van der Waals surface area contributed by atoms with Crippen LogP contribution in [0.4, 0.5) is 0 Å². The third kappa shape index (κ3) is 2.24. The van der Waals surface area contributed by atoms with E-state index in [0.29, 0.717) is 5.25 Å². The summed E-state index contributed by atoms with van der Waals surface area (Å²) in [6.07, 6.45) is -0.204. The molecule has 0 saturated carbocycles. The van der Waals surface area contributed by atoms with Crippen LogP contribution >= 0.6 is 11.8 Å². The molecule has 70 valence electrons. The Morgan fingerprint density at radius 3 is 2.62 bits per heavy atom. The lowest BCUT2D eigenvalue weighted by molar-refractivity contribution is 0.201. The Morgan fingerprint density at radius 1 is 1.23 bits per heavy atom. The van der Waals surface area contributed by atoms with E-state index in [1.54, 1.807) is 11.8 Å². The Bertz CT molecular complexity index is 265. The van der Waals surface area contributed by atoms with Gasteiger partial charge in [-0.15, -0.1) is 11.8 Å². The number of hydrogen-bond acceptors (Lipinski definition) is 3. The third-order valence-corrected chi connectivity index (χ3v) is 3.49. The molecule has 0 bridgehead atoms. The molecule has 2 nitrogen and oxygen atoms in total. The fourth-order valence-corrected chi connectivity index (χ4v) is 2.55. The highest BCUT2D eigenvalue weighted by molar-refractivity contribution is 8.00. The standard InChI is InChI=1S/C10H13NOS/c12-9-6-11-7-10(9)13-8-4-2-1-3-5-8/h1-5,9-12H,6-7H2/t9-,10-/m0/s1. The second-order valence-corrected chi connectivity index (χ2v) is 4.51. The van der Waals surface area contributed by atoms with Gasteiger partial charge in [0.2, 0.25) is 0 Å². The van der Waals surface area contributed by atoms with Crippen molar-refractivity contribution in [3.63, 3.8) is 0 Å². The molecule has 2 rings (SSSR count). The van der Waals surface area contributed by atoms with E-state index in [0.717, 1.165) is 13.1 Å². The van der Waals surface area contributed by atoms with Gasteiger partial charge < -0.3 is 10.4 Å². The number of benzene rings is 1. The molecule has 0 radical (unpaired) electrons. The van der Waals surface area contributed by atoms with Gasteiger partial charge in [-0.1, -0.05) is 18.2 Å². The number of rotatable bonds is 2. The van der Waals surface area contributed by atoms with Gasteiger partial charge >= 0.3 is 0 Å². The maximum absolute atomic E-state index is 9.57. The van der Waals surface area contributed by atoms with Crippen LogP contribution in [0, 0.1) is 0 Å². The van der Waals surface area contributed by atoms with E-state index < -0.39 is 0 Å². The van der Waals surface area contributed by atoms with Gasteiger partial charge in [-0.2, -0.15) is 0 Å². The van der Waals surface area contributed by atoms with Crippen LogP contribution in [-0.4, -0.2) is 29.5 Å². The van der Waals surface area contributed by atoms with Crippen molar-refractivity contribution in [2.75, 3.05) is 13.1 Å². The second-order valence-electron chi connectivity index (χ2n) is 3.19. The molecule has 3 heteroatoms. The summed E-state index contributed by atoms with van der Waals surface area (Å²) >= 11 is 1.75. The fraction of sp³-hybridized carbons (Fsp3) is 0.400. The summed E-state index contributed by atoms with van der Waals surface area (Å²) < 4.78 is 0. The van der Waals surface area contributed by atoms with Gasteiger partial charge in [-0.25, -0.2) is 0 Å². The maximum Gasteiger partial charge on any atom is 0.0798 e. The molecule has 0 unspecified atom stereocenters. The predicted molar refractivity (Wildman–Crippen MR) is 55.0 cm³/mol.